The van der Waals surface area contributed by atoms with Gasteiger partial charge in [-0.15, -0.1) is 0 Å². The highest BCUT2D eigenvalue weighted by molar-refractivity contribution is 8.30. The van der Waals surface area contributed by atoms with Crippen molar-refractivity contribution in [1.29, 1.82) is 0 Å². The largest absolute Gasteiger partial charge is 0.272 e. The molecule has 4 rings (SSSR count). The molecule has 0 unspecified atom stereocenters. The van der Waals surface area contributed by atoms with Crippen molar-refractivity contribution >= 4 is 103 Å². The summed E-state index contributed by atoms with van der Waals surface area (Å²) in [5, 5.41) is 0.970. The predicted molar refractivity (Wildman–Crippen MR) is 125 cm³/mol. The maximum Gasteiger partial charge on any atom is 0.272 e. The van der Waals surface area contributed by atoms with E-state index < -0.39 is 0 Å². The van der Waals surface area contributed by atoms with Gasteiger partial charge in [-0.25, -0.2) is 0 Å². The molecule has 0 N–H and O–H groups in total. The van der Waals surface area contributed by atoms with Crippen LogP contribution in [0, 0.1) is 0 Å². The van der Waals surface area contributed by atoms with Gasteiger partial charge in [-0.05, 0) is 36.4 Å². The second-order valence-electron chi connectivity index (χ2n) is 5.64. The summed E-state index contributed by atoms with van der Waals surface area (Å²) in [6.45, 7) is 0. The first kappa shape index (κ1) is 19.9. The molecule has 2 amide bonds. The van der Waals surface area contributed by atoms with Gasteiger partial charge in [-0.2, -0.15) is 0 Å². The highest BCUT2D eigenvalue weighted by Crippen LogP contribution is 2.44. The topological polar surface area (TPSA) is 40.6 Å². The van der Waals surface area contributed by atoms with Crippen LogP contribution in [-0.2, 0) is 9.59 Å². The van der Waals surface area contributed by atoms with E-state index in [1.165, 1.54) is 9.80 Å². The second kappa shape index (κ2) is 7.78. The zero-order valence-electron chi connectivity index (χ0n) is 13.7. The van der Waals surface area contributed by atoms with Crippen LogP contribution in [0.3, 0.4) is 0 Å². The third-order valence-electron chi connectivity index (χ3n) is 3.88. The average molecular weight is 483 g/mol. The molecule has 0 spiro atoms. The average Bonchev–Trinajstić information content (AvgIpc) is 3.10. The van der Waals surface area contributed by atoms with Crippen LogP contribution in [-0.4, -0.2) is 20.5 Å². The van der Waals surface area contributed by atoms with Gasteiger partial charge in [0.15, 0.2) is 8.64 Å². The van der Waals surface area contributed by atoms with Crippen molar-refractivity contribution in [1.82, 2.24) is 0 Å². The monoisotopic (exact) mass is 482 g/mol. The smallest absolute Gasteiger partial charge is 0.268 e. The molecule has 0 aliphatic carbocycles. The normalized spacial score (nSPS) is 19.9. The van der Waals surface area contributed by atoms with Crippen molar-refractivity contribution in [3.05, 3.63) is 68.4 Å². The van der Waals surface area contributed by atoms with E-state index in [0.717, 1.165) is 23.5 Å². The highest BCUT2D eigenvalue weighted by atomic mass is 35.5. The molecular weight excluding hydrogens is 475 g/mol. The van der Waals surface area contributed by atoms with E-state index in [1.807, 2.05) is 0 Å². The molecule has 2 aliphatic heterocycles. The van der Waals surface area contributed by atoms with Gasteiger partial charge in [0.05, 0.1) is 21.2 Å². The van der Waals surface area contributed by atoms with Crippen LogP contribution in [0.4, 0.5) is 11.4 Å². The molecule has 28 heavy (non-hydrogen) atoms. The van der Waals surface area contributed by atoms with Crippen molar-refractivity contribution in [3.8, 4) is 0 Å². The molecule has 2 saturated heterocycles. The quantitative estimate of drug-likeness (QED) is 0.407. The second-order valence-corrected chi connectivity index (χ2v) is 9.80. The maximum absolute atomic E-state index is 13.0. The number of nitrogens with zero attached hydrogens (tertiary/aromatic N) is 2. The first-order chi connectivity index (χ1) is 13.4. The lowest BCUT2D eigenvalue weighted by molar-refractivity contribution is -0.115. The Morgan fingerprint density at radius 2 is 1.11 bits per heavy atom. The Kier molecular flexibility index (Phi) is 5.52. The number of anilines is 2. The summed E-state index contributed by atoms with van der Waals surface area (Å²) >= 11 is 25.0. The first-order valence-corrected chi connectivity index (χ1v) is 11.0. The lowest BCUT2D eigenvalue weighted by Crippen LogP contribution is -2.29. The highest BCUT2D eigenvalue weighted by Gasteiger charge is 2.43. The number of amides is 2. The molecule has 0 aromatic heterocycles. The van der Waals surface area contributed by atoms with Crippen molar-refractivity contribution < 1.29 is 9.59 Å². The summed E-state index contributed by atoms with van der Waals surface area (Å²) in [6.07, 6.45) is 0. The summed E-state index contributed by atoms with van der Waals surface area (Å²) in [7, 11) is 0. The van der Waals surface area contributed by atoms with Gasteiger partial charge >= 0.3 is 0 Å². The number of carbonyl (C=O) groups excluding carboxylic acids is 2. The Morgan fingerprint density at radius 3 is 1.46 bits per heavy atom. The van der Waals surface area contributed by atoms with Crippen LogP contribution in [0.1, 0.15) is 0 Å². The van der Waals surface area contributed by atoms with Crippen LogP contribution < -0.4 is 9.80 Å². The molecule has 10 heteroatoms. The zero-order chi connectivity index (χ0) is 20.0. The minimum absolute atomic E-state index is 0.256. The third-order valence-corrected chi connectivity index (χ3v) is 7.22. The number of hydrogen-bond acceptors (Lipinski definition) is 6. The lowest BCUT2D eigenvalue weighted by Gasteiger charge is -2.15. The Hall–Kier alpha value is -1.42. The predicted octanol–water partition coefficient (Wildman–Crippen LogP) is 5.63. The van der Waals surface area contributed by atoms with Crippen molar-refractivity contribution in [3.63, 3.8) is 0 Å². The van der Waals surface area contributed by atoms with Gasteiger partial charge in [-0.1, -0.05) is 83.3 Å². The first-order valence-electron chi connectivity index (χ1n) is 7.75. The van der Waals surface area contributed by atoms with Gasteiger partial charge in [-0.3, -0.25) is 19.4 Å². The van der Waals surface area contributed by atoms with E-state index in [2.05, 4.69) is 0 Å². The Labute approximate surface area is 189 Å². The molecule has 0 bridgehead atoms. The number of benzene rings is 2. The van der Waals surface area contributed by atoms with Gasteiger partial charge in [0.25, 0.3) is 11.8 Å². The molecule has 0 atom stereocenters. The van der Waals surface area contributed by atoms with E-state index in [0.29, 0.717) is 30.1 Å². The SMILES string of the molecule is O=C1C(=C2SC(=S)N(c3cccc(Cl)c3)C2=O)SC(=S)N1c1cccc(Cl)c1. The van der Waals surface area contributed by atoms with Gasteiger partial charge in [0, 0.05) is 10.0 Å². The molecule has 4 nitrogen and oxygen atoms in total. The molecule has 0 saturated carbocycles. The number of hydrogen-bond donors (Lipinski definition) is 0. The van der Waals surface area contributed by atoms with Crippen molar-refractivity contribution in [2.75, 3.05) is 9.80 Å². The fourth-order valence-corrected chi connectivity index (χ4v) is 5.81. The Morgan fingerprint density at radius 1 is 0.714 bits per heavy atom. The number of thiocarbonyl (C=S) groups is 2. The molecular formula is C18H8Cl2N2O2S4. The maximum atomic E-state index is 13.0. The molecule has 2 fully saturated rings. The number of halogens is 2. The van der Waals surface area contributed by atoms with E-state index in [9.17, 15) is 9.59 Å². The van der Waals surface area contributed by atoms with Gasteiger partial charge in [0.2, 0.25) is 0 Å². The fourth-order valence-electron chi connectivity index (χ4n) is 2.68. The van der Waals surface area contributed by atoms with E-state index >= 15 is 0 Å². The molecule has 2 aliphatic rings. The van der Waals surface area contributed by atoms with Gasteiger partial charge < -0.3 is 0 Å². The van der Waals surface area contributed by atoms with E-state index in [1.54, 1.807) is 48.5 Å². The number of thioether (sulfide) groups is 2. The molecule has 140 valence electrons. The third kappa shape index (κ3) is 3.49. The van der Waals surface area contributed by atoms with Crippen molar-refractivity contribution in [2.45, 2.75) is 0 Å². The van der Waals surface area contributed by atoms with Crippen LogP contribution in [0.25, 0.3) is 0 Å². The summed E-state index contributed by atoms with van der Waals surface area (Å²) < 4.78 is 0.658. The summed E-state index contributed by atoms with van der Waals surface area (Å²) in [5.41, 5.74) is 1.10. The zero-order valence-corrected chi connectivity index (χ0v) is 18.5. The van der Waals surface area contributed by atoms with Crippen LogP contribution in [0.2, 0.25) is 10.0 Å². The summed E-state index contributed by atoms with van der Waals surface area (Å²) in [6, 6.07) is 13.6. The molecule has 0 radical (unpaired) electrons. The minimum Gasteiger partial charge on any atom is -0.268 e. The van der Waals surface area contributed by atoms with Gasteiger partial charge in [0.1, 0.15) is 0 Å². The van der Waals surface area contributed by atoms with E-state index in [-0.39, 0.29) is 21.6 Å². The summed E-state index contributed by atoms with van der Waals surface area (Å²) in [4.78, 5) is 29.3. The summed E-state index contributed by atoms with van der Waals surface area (Å²) in [5.74, 6) is -0.743. The van der Waals surface area contributed by atoms with Crippen LogP contribution >= 0.6 is 71.2 Å². The molecule has 2 heterocycles. The lowest BCUT2D eigenvalue weighted by atomic mass is 10.2. The minimum atomic E-state index is -0.371. The van der Waals surface area contributed by atoms with Crippen LogP contribution in [0.5, 0.6) is 0 Å². The molecule has 2 aromatic rings. The standard InChI is InChI=1S/C18H8Cl2N2O2S4/c19-9-3-1-5-11(7-9)21-15(23)13(27-17(21)25)14-16(24)22(18(26)28-14)12-6-2-4-10(20)8-12/h1-8H. The van der Waals surface area contributed by atoms with Crippen molar-refractivity contribution in [2.24, 2.45) is 0 Å². The number of carbonyl (C=O) groups is 2. The van der Waals surface area contributed by atoms with Crippen LogP contribution in [0.15, 0.2) is 58.3 Å². The van der Waals surface area contributed by atoms with E-state index in [4.69, 9.17) is 47.6 Å². The Balaban J connectivity index is 1.72. The number of rotatable bonds is 2. The Bertz CT molecular complexity index is 1020. The fraction of sp³-hybridized carbons (Fsp3) is 0. The molecule has 2 aromatic carbocycles.